The minimum Gasteiger partial charge on any atom is -0.378 e. The Labute approximate surface area is 125 Å². The van der Waals surface area contributed by atoms with Crippen LogP contribution in [-0.2, 0) is 23.8 Å². The molecule has 7 nitrogen and oxygen atoms in total. The van der Waals surface area contributed by atoms with Crippen LogP contribution >= 0.6 is 0 Å². The summed E-state index contributed by atoms with van der Waals surface area (Å²) in [6, 6.07) is 0. The van der Waals surface area contributed by atoms with Crippen LogP contribution in [0.1, 0.15) is 0 Å². The highest BCUT2D eigenvalue weighted by Gasteiger charge is 2.22. The van der Waals surface area contributed by atoms with Crippen LogP contribution in [0.4, 0.5) is 0 Å². The van der Waals surface area contributed by atoms with Gasteiger partial charge in [-0.1, -0.05) is 0 Å². The molecule has 0 unspecified atom stereocenters. The van der Waals surface area contributed by atoms with Crippen molar-refractivity contribution >= 4 is 11.8 Å². The molecule has 21 heavy (non-hydrogen) atoms. The third-order valence-corrected chi connectivity index (χ3v) is 2.79. The molecular weight excluding hydrogens is 276 g/mol. The van der Waals surface area contributed by atoms with Gasteiger partial charge < -0.3 is 19.1 Å². The predicted molar refractivity (Wildman–Crippen MR) is 76.9 cm³/mol. The van der Waals surface area contributed by atoms with Gasteiger partial charge in [0, 0.05) is 18.7 Å². The number of ether oxygens (including phenoxy) is 3. The fourth-order valence-electron chi connectivity index (χ4n) is 1.60. The van der Waals surface area contributed by atoms with Gasteiger partial charge in [-0.25, -0.2) is 0 Å². The first kappa shape index (κ1) is 17.8. The summed E-state index contributed by atoms with van der Waals surface area (Å²) in [7, 11) is 3.99. The first-order valence-corrected chi connectivity index (χ1v) is 7.03. The summed E-state index contributed by atoms with van der Waals surface area (Å²) in [5.41, 5.74) is 0. The minimum absolute atomic E-state index is 0.276. The second-order valence-electron chi connectivity index (χ2n) is 4.80. The van der Waals surface area contributed by atoms with Crippen molar-refractivity contribution in [3.05, 3.63) is 12.2 Å². The minimum atomic E-state index is -0.283. The van der Waals surface area contributed by atoms with E-state index in [0.717, 1.165) is 11.4 Å². The van der Waals surface area contributed by atoms with Gasteiger partial charge in [0.25, 0.3) is 11.8 Å². The van der Waals surface area contributed by atoms with Gasteiger partial charge in [-0.2, -0.15) is 0 Å². The number of hydrogen-bond acceptors (Lipinski definition) is 6. The molecule has 0 saturated carbocycles. The van der Waals surface area contributed by atoms with Gasteiger partial charge >= 0.3 is 0 Å². The van der Waals surface area contributed by atoms with E-state index in [-0.39, 0.29) is 18.4 Å². The van der Waals surface area contributed by atoms with Crippen molar-refractivity contribution < 1.29 is 23.8 Å². The van der Waals surface area contributed by atoms with E-state index >= 15 is 0 Å². The van der Waals surface area contributed by atoms with Crippen LogP contribution in [0.2, 0.25) is 0 Å². The molecule has 0 bridgehead atoms. The molecule has 120 valence electrons. The van der Waals surface area contributed by atoms with Gasteiger partial charge in [0.2, 0.25) is 0 Å². The smallest absolute Gasteiger partial charge is 0.253 e. The molecule has 0 aromatic rings. The van der Waals surface area contributed by atoms with E-state index in [1.807, 2.05) is 14.1 Å². The molecule has 0 saturated heterocycles. The van der Waals surface area contributed by atoms with Gasteiger partial charge in [0.1, 0.15) is 0 Å². The molecule has 0 aromatic carbocycles. The standard InChI is InChI=1S/C14H24N2O5/c1-15(2)5-7-19-9-11-21-12-10-20-8-6-16-13(17)3-4-14(16)18/h3-4H,5-12H2,1-2H3. The predicted octanol–water partition coefficient (Wildman–Crippen LogP) is -0.477. The molecule has 0 radical (unpaired) electrons. The number of nitrogens with zero attached hydrogens (tertiary/aromatic N) is 2. The molecule has 0 atom stereocenters. The van der Waals surface area contributed by atoms with Crippen LogP contribution in [0.3, 0.4) is 0 Å². The van der Waals surface area contributed by atoms with Gasteiger partial charge in [0.15, 0.2) is 0 Å². The average molecular weight is 300 g/mol. The Balaban J connectivity index is 1.83. The van der Waals surface area contributed by atoms with Gasteiger partial charge in [-0.15, -0.1) is 0 Å². The molecular formula is C14H24N2O5. The normalized spacial score (nSPS) is 14.7. The number of carbonyl (C=O) groups is 2. The van der Waals surface area contributed by atoms with E-state index in [9.17, 15) is 9.59 Å². The average Bonchev–Trinajstić information content (AvgIpc) is 2.75. The van der Waals surface area contributed by atoms with Crippen molar-refractivity contribution in [3.63, 3.8) is 0 Å². The Hall–Kier alpha value is -1.28. The van der Waals surface area contributed by atoms with Crippen LogP contribution in [0.15, 0.2) is 12.2 Å². The SMILES string of the molecule is CN(C)CCOCCOCCOCCN1C(=O)C=CC1=O. The first-order valence-electron chi connectivity index (χ1n) is 7.03. The Morgan fingerprint density at radius 1 is 0.857 bits per heavy atom. The van der Waals surface area contributed by atoms with E-state index in [0.29, 0.717) is 39.6 Å². The maximum atomic E-state index is 11.2. The fourth-order valence-corrected chi connectivity index (χ4v) is 1.60. The molecule has 0 N–H and O–H groups in total. The van der Waals surface area contributed by atoms with Crippen molar-refractivity contribution in [2.24, 2.45) is 0 Å². The monoisotopic (exact) mass is 300 g/mol. The molecule has 1 heterocycles. The zero-order chi connectivity index (χ0) is 15.5. The second kappa shape index (κ2) is 10.4. The van der Waals surface area contributed by atoms with Crippen LogP contribution in [-0.4, -0.2) is 88.4 Å². The summed E-state index contributed by atoms with van der Waals surface area (Å²) in [6.45, 7) is 4.18. The van der Waals surface area contributed by atoms with Gasteiger partial charge in [-0.05, 0) is 14.1 Å². The lowest BCUT2D eigenvalue weighted by molar-refractivity contribution is -0.137. The van der Waals surface area contributed by atoms with Crippen molar-refractivity contribution in [1.29, 1.82) is 0 Å². The molecule has 2 amide bonds. The third kappa shape index (κ3) is 7.91. The molecule has 0 fully saturated rings. The first-order chi connectivity index (χ1) is 10.1. The number of amides is 2. The summed E-state index contributed by atoms with van der Waals surface area (Å²) in [4.78, 5) is 25.7. The van der Waals surface area contributed by atoms with Crippen LogP contribution in [0, 0.1) is 0 Å². The van der Waals surface area contributed by atoms with E-state index < -0.39 is 0 Å². The van der Waals surface area contributed by atoms with Gasteiger partial charge in [-0.3, -0.25) is 14.5 Å². The van der Waals surface area contributed by atoms with Crippen molar-refractivity contribution in [1.82, 2.24) is 9.80 Å². The Morgan fingerprint density at radius 2 is 1.33 bits per heavy atom. The number of likely N-dealkylation sites (N-methyl/N-ethyl adjacent to an activating group) is 1. The number of carbonyl (C=O) groups excluding carboxylic acids is 2. The summed E-state index contributed by atoms with van der Waals surface area (Å²) >= 11 is 0. The summed E-state index contributed by atoms with van der Waals surface area (Å²) in [5.74, 6) is -0.565. The highest BCUT2D eigenvalue weighted by atomic mass is 16.5. The highest BCUT2D eigenvalue weighted by Crippen LogP contribution is 2.02. The summed E-state index contributed by atoms with van der Waals surface area (Å²) < 4.78 is 16.0. The third-order valence-electron chi connectivity index (χ3n) is 2.79. The summed E-state index contributed by atoms with van der Waals surface area (Å²) in [5, 5.41) is 0. The molecule has 0 aromatic heterocycles. The van der Waals surface area contributed by atoms with Crippen LogP contribution in [0.25, 0.3) is 0 Å². The lowest BCUT2D eigenvalue weighted by atomic mass is 10.5. The zero-order valence-electron chi connectivity index (χ0n) is 12.7. The summed E-state index contributed by atoms with van der Waals surface area (Å²) in [6.07, 6.45) is 2.53. The maximum Gasteiger partial charge on any atom is 0.253 e. The van der Waals surface area contributed by atoms with Crippen LogP contribution < -0.4 is 0 Å². The number of imide groups is 1. The van der Waals surface area contributed by atoms with Crippen molar-refractivity contribution in [2.75, 3.05) is 66.8 Å². The van der Waals surface area contributed by atoms with E-state index in [2.05, 4.69) is 4.90 Å². The largest absolute Gasteiger partial charge is 0.378 e. The molecule has 0 spiro atoms. The zero-order valence-corrected chi connectivity index (χ0v) is 12.7. The van der Waals surface area contributed by atoms with Crippen molar-refractivity contribution in [3.8, 4) is 0 Å². The van der Waals surface area contributed by atoms with Gasteiger partial charge in [0.05, 0.1) is 46.2 Å². The van der Waals surface area contributed by atoms with E-state index in [1.54, 1.807) is 0 Å². The Kier molecular flexibility index (Phi) is 8.84. The molecule has 0 aliphatic carbocycles. The molecule has 1 rings (SSSR count). The molecule has 1 aliphatic rings. The Morgan fingerprint density at radius 3 is 1.86 bits per heavy atom. The second-order valence-corrected chi connectivity index (χ2v) is 4.80. The Bertz CT molecular complexity index is 339. The number of rotatable bonds is 12. The lowest BCUT2D eigenvalue weighted by Crippen LogP contribution is -2.33. The maximum absolute atomic E-state index is 11.2. The molecule has 7 heteroatoms. The number of hydrogen-bond donors (Lipinski definition) is 0. The van der Waals surface area contributed by atoms with E-state index in [1.165, 1.54) is 12.2 Å². The van der Waals surface area contributed by atoms with Crippen LogP contribution in [0.5, 0.6) is 0 Å². The quantitative estimate of drug-likeness (QED) is 0.358. The topological polar surface area (TPSA) is 68.3 Å². The highest BCUT2D eigenvalue weighted by molar-refractivity contribution is 6.12. The molecule has 1 aliphatic heterocycles. The fraction of sp³-hybridized carbons (Fsp3) is 0.714. The van der Waals surface area contributed by atoms with E-state index in [4.69, 9.17) is 14.2 Å². The van der Waals surface area contributed by atoms with Crippen molar-refractivity contribution in [2.45, 2.75) is 0 Å². The lowest BCUT2D eigenvalue weighted by Gasteiger charge is -2.13.